The second-order valence-electron chi connectivity index (χ2n) is 3.16. The zero-order valence-electron chi connectivity index (χ0n) is 8.23. The molecule has 1 unspecified atom stereocenters. The Kier molecular flexibility index (Phi) is 3.66. The first kappa shape index (κ1) is 12.1. The van der Waals surface area contributed by atoms with Gasteiger partial charge in [-0.3, -0.25) is 0 Å². The Hall–Kier alpha value is -0.400. The molecule has 0 saturated carbocycles. The average Bonchev–Trinajstić information content (AvgIpc) is 2.66. The van der Waals surface area contributed by atoms with Gasteiger partial charge in [-0.05, 0) is 58.1 Å². The lowest BCUT2D eigenvalue weighted by Gasteiger charge is -2.07. The van der Waals surface area contributed by atoms with Crippen LogP contribution in [0.2, 0.25) is 5.02 Å². The van der Waals surface area contributed by atoms with Gasteiger partial charge in [-0.1, -0.05) is 11.6 Å². The molecule has 0 saturated heterocycles. The summed E-state index contributed by atoms with van der Waals surface area (Å²) in [6.45, 7) is 1.83. The van der Waals surface area contributed by atoms with Crippen LogP contribution in [0.5, 0.6) is 0 Å². The highest BCUT2D eigenvalue weighted by atomic mass is 127. The molecule has 1 heterocycles. The molecule has 0 aliphatic rings. The van der Waals surface area contributed by atoms with Crippen LogP contribution in [0.4, 0.5) is 0 Å². The van der Waals surface area contributed by atoms with Gasteiger partial charge in [0.05, 0.1) is 11.1 Å². The quantitative estimate of drug-likeness (QED) is 0.603. The third-order valence-electron chi connectivity index (χ3n) is 1.99. The maximum Gasteiger partial charge on any atom is 0.174 e. The average molecular weight is 369 g/mol. The predicted molar refractivity (Wildman–Crippen MR) is 71.1 cm³/mol. The van der Waals surface area contributed by atoms with Gasteiger partial charge in [0.2, 0.25) is 0 Å². The molecule has 7 heteroatoms. The van der Waals surface area contributed by atoms with E-state index in [1.165, 1.54) is 0 Å². The fourth-order valence-corrected chi connectivity index (χ4v) is 2.50. The smallest absolute Gasteiger partial charge is 0.174 e. The van der Waals surface area contributed by atoms with Gasteiger partial charge in [-0.25, -0.2) is 0 Å². The van der Waals surface area contributed by atoms with Crippen molar-refractivity contribution in [3.8, 4) is 5.69 Å². The molecule has 1 aromatic heterocycles. The molecule has 84 valence electrons. The Labute approximate surface area is 116 Å². The molecule has 0 N–H and O–H groups in total. The molecule has 0 amide bonds. The lowest BCUT2D eigenvalue weighted by Crippen LogP contribution is -2.05. The highest BCUT2D eigenvalue weighted by Gasteiger charge is 2.15. The van der Waals surface area contributed by atoms with Crippen LogP contribution in [0.3, 0.4) is 0 Å². The number of rotatable bonds is 2. The summed E-state index contributed by atoms with van der Waals surface area (Å²) in [4.78, 5) is 0. The summed E-state index contributed by atoms with van der Waals surface area (Å²) in [6.07, 6.45) is 0. The number of tetrazole rings is 1. The van der Waals surface area contributed by atoms with Gasteiger partial charge in [0.25, 0.3) is 0 Å². The van der Waals surface area contributed by atoms with E-state index >= 15 is 0 Å². The van der Waals surface area contributed by atoms with Crippen molar-refractivity contribution in [2.45, 2.75) is 12.3 Å². The molecule has 0 bridgehead atoms. The fourth-order valence-electron chi connectivity index (χ4n) is 1.27. The third-order valence-corrected chi connectivity index (χ3v) is 3.28. The molecule has 0 radical (unpaired) electrons. The van der Waals surface area contributed by atoms with E-state index in [9.17, 15) is 0 Å². The topological polar surface area (TPSA) is 43.6 Å². The van der Waals surface area contributed by atoms with Crippen LogP contribution in [0.1, 0.15) is 18.1 Å². The molecule has 4 nitrogen and oxygen atoms in total. The number of benzene rings is 1. The Bertz CT molecular complexity index is 512. The van der Waals surface area contributed by atoms with E-state index in [2.05, 4.69) is 38.1 Å². The Balaban J connectivity index is 2.54. The molecule has 2 rings (SSSR count). The summed E-state index contributed by atoms with van der Waals surface area (Å²) < 4.78 is 2.59. The largest absolute Gasteiger partial charge is 0.195 e. The first-order valence-electron chi connectivity index (χ1n) is 4.47. The molecule has 1 atom stereocenters. The highest BCUT2D eigenvalue weighted by Crippen LogP contribution is 2.24. The maximum atomic E-state index is 5.99. The first-order chi connectivity index (χ1) is 7.59. The van der Waals surface area contributed by atoms with Crippen molar-refractivity contribution in [1.82, 2.24) is 20.2 Å². The van der Waals surface area contributed by atoms with Crippen LogP contribution in [0.25, 0.3) is 5.69 Å². The lowest BCUT2D eigenvalue weighted by atomic mass is 10.3. The fraction of sp³-hybridized carbons (Fsp3) is 0.222. The van der Waals surface area contributed by atoms with Crippen molar-refractivity contribution >= 4 is 45.8 Å². The van der Waals surface area contributed by atoms with E-state index < -0.39 is 0 Å². The Morgan fingerprint density at radius 2 is 2.19 bits per heavy atom. The summed E-state index contributed by atoms with van der Waals surface area (Å²) >= 11 is 14.1. The standard InChI is InChI=1S/C9H7Cl2IN4/c1-5(10)9-13-14-15-16(9)8-3-2-6(11)4-7(8)12/h2-5H,1H3. The number of hydrogen-bond donors (Lipinski definition) is 0. The monoisotopic (exact) mass is 368 g/mol. The number of hydrogen-bond acceptors (Lipinski definition) is 3. The van der Waals surface area contributed by atoms with Crippen LogP contribution in [0, 0.1) is 3.57 Å². The molecule has 16 heavy (non-hydrogen) atoms. The predicted octanol–water partition coefficient (Wildman–Crippen LogP) is 3.22. The first-order valence-corrected chi connectivity index (χ1v) is 6.36. The second kappa shape index (κ2) is 4.85. The molecule has 2 aromatic rings. The number of aromatic nitrogens is 4. The van der Waals surface area contributed by atoms with Crippen LogP contribution in [0.15, 0.2) is 18.2 Å². The van der Waals surface area contributed by atoms with Crippen LogP contribution >= 0.6 is 45.8 Å². The van der Waals surface area contributed by atoms with E-state index in [-0.39, 0.29) is 5.38 Å². The molecule has 0 spiro atoms. The second-order valence-corrected chi connectivity index (χ2v) is 5.41. The van der Waals surface area contributed by atoms with Crippen molar-refractivity contribution in [3.63, 3.8) is 0 Å². The summed E-state index contributed by atoms with van der Waals surface area (Å²) in [5.74, 6) is 0.613. The highest BCUT2D eigenvalue weighted by molar-refractivity contribution is 14.1. The maximum absolute atomic E-state index is 5.99. The summed E-state index contributed by atoms with van der Waals surface area (Å²) in [7, 11) is 0. The Morgan fingerprint density at radius 3 is 2.81 bits per heavy atom. The minimum absolute atomic E-state index is 0.249. The molecular formula is C9H7Cl2IN4. The number of nitrogens with zero attached hydrogens (tertiary/aromatic N) is 4. The summed E-state index contributed by atoms with van der Waals surface area (Å²) in [5, 5.41) is 11.9. The van der Waals surface area contributed by atoms with Gasteiger partial charge < -0.3 is 0 Å². The third kappa shape index (κ3) is 2.31. The molecule has 0 fully saturated rings. The zero-order valence-corrected chi connectivity index (χ0v) is 11.9. The van der Waals surface area contributed by atoms with Gasteiger partial charge in [0.15, 0.2) is 5.82 Å². The van der Waals surface area contributed by atoms with Gasteiger partial charge in [0.1, 0.15) is 0 Å². The van der Waals surface area contributed by atoms with E-state index in [4.69, 9.17) is 23.2 Å². The van der Waals surface area contributed by atoms with Crippen molar-refractivity contribution in [3.05, 3.63) is 32.6 Å². The molecule has 0 aliphatic heterocycles. The molecule has 1 aromatic carbocycles. The van der Waals surface area contributed by atoms with Gasteiger partial charge in [-0.2, -0.15) is 4.68 Å². The molecular weight excluding hydrogens is 362 g/mol. The van der Waals surface area contributed by atoms with Crippen LogP contribution in [-0.2, 0) is 0 Å². The number of halogens is 3. The zero-order chi connectivity index (χ0) is 11.7. The minimum atomic E-state index is -0.249. The SMILES string of the molecule is CC(Cl)c1nnnn1-c1ccc(Cl)cc1I. The van der Waals surface area contributed by atoms with E-state index in [0.29, 0.717) is 10.8 Å². The normalized spacial score (nSPS) is 12.8. The summed E-state index contributed by atoms with van der Waals surface area (Å²) in [5.41, 5.74) is 0.873. The van der Waals surface area contributed by atoms with Crippen molar-refractivity contribution in [1.29, 1.82) is 0 Å². The van der Waals surface area contributed by atoms with Gasteiger partial charge in [-0.15, -0.1) is 16.7 Å². The van der Waals surface area contributed by atoms with Crippen molar-refractivity contribution in [2.24, 2.45) is 0 Å². The van der Waals surface area contributed by atoms with Crippen molar-refractivity contribution < 1.29 is 0 Å². The number of alkyl halides is 1. The summed E-state index contributed by atoms with van der Waals surface area (Å²) in [6, 6.07) is 5.51. The minimum Gasteiger partial charge on any atom is -0.195 e. The van der Waals surface area contributed by atoms with E-state index in [0.717, 1.165) is 9.26 Å². The van der Waals surface area contributed by atoms with E-state index in [1.54, 1.807) is 10.7 Å². The van der Waals surface area contributed by atoms with Crippen molar-refractivity contribution in [2.75, 3.05) is 0 Å². The lowest BCUT2D eigenvalue weighted by molar-refractivity contribution is 0.758. The molecule has 0 aliphatic carbocycles. The van der Waals surface area contributed by atoms with Gasteiger partial charge in [0, 0.05) is 8.59 Å². The van der Waals surface area contributed by atoms with Crippen LogP contribution in [-0.4, -0.2) is 20.2 Å². The Morgan fingerprint density at radius 1 is 1.44 bits per heavy atom. The van der Waals surface area contributed by atoms with E-state index in [1.807, 2.05) is 19.1 Å². The van der Waals surface area contributed by atoms with Gasteiger partial charge >= 0.3 is 0 Å². The van der Waals surface area contributed by atoms with Crippen LogP contribution < -0.4 is 0 Å².